The Morgan fingerprint density at radius 1 is 1.56 bits per heavy atom. The van der Waals surface area contributed by atoms with E-state index in [1.54, 1.807) is 0 Å². The molecule has 0 aromatic carbocycles. The molecule has 0 aromatic rings. The molecule has 1 unspecified atom stereocenters. The molecule has 0 N–H and O–H groups in total. The number of methoxy groups -OCH3 is 1. The lowest BCUT2D eigenvalue weighted by Crippen LogP contribution is -2.27. The van der Waals surface area contributed by atoms with Gasteiger partial charge in [0.2, 0.25) is 0 Å². The van der Waals surface area contributed by atoms with E-state index in [0.717, 1.165) is 7.11 Å². The standard InChI is InChI=1S/C10H12N2O4/c1-16-10(15)9(12-11)8(14)5-6-2-3-7(13)4-6/h6H,2-5H2,1H3. The maximum Gasteiger partial charge on any atom is 0.441 e. The first-order valence-corrected chi connectivity index (χ1v) is 4.93. The van der Waals surface area contributed by atoms with E-state index >= 15 is 0 Å². The highest BCUT2D eigenvalue weighted by Crippen LogP contribution is 2.25. The fraction of sp³-hybridized carbons (Fsp3) is 0.600. The van der Waals surface area contributed by atoms with Crippen LogP contribution in [0.5, 0.6) is 0 Å². The van der Waals surface area contributed by atoms with Gasteiger partial charge in [0.25, 0.3) is 5.78 Å². The lowest BCUT2D eigenvalue weighted by molar-refractivity contribution is -0.139. The third kappa shape index (κ3) is 2.84. The zero-order valence-electron chi connectivity index (χ0n) is 8.93. The van der Waals surface area contributed by atoms with Crippen molar-refractivity contribution in [2.45, 2.75) is 25.7 Å². The summed E-state index contributed by atoms with van der Waals surface area (Å²) < 4.78 is 4.29. The van der Waals surface area contributed by atoms with Crippen LogP contribution in [0.15, 0.2) is 0 Å². The molecule has 0 amide bonds. The average Bonchev–Trinajstić information content (AvgIpc) is 2.64. The number of ketones is 2. The van der Waals surface area contributed by atoms with E-state index in [-0.39, 0.29) is 18.1 Å². The van der Waals surface area contributed by atoms with Crippen molar-refractivity contribution < 1.29 is 23.9 Å². The van der Waals surface area contributed by atoms with E-state index < -0.39 is 17.5 Å². The Balaban J connectivity index is 2.61. The van der Waals surface area contributed by atoms with Gasteiger partial charge >= 0.3 is 11.7 Å². The number of Topliss-reactive ketones (excluding diaryl/α,β-unsaturated/α-hetero) is 2. The third-order valence-electron chi connectivity index (χ3n) is 2.56. The Labute approximate surface area is 92.2 Å². The molecule has 1 aliphatic rings. The predicted octanol–water partition coefficient (Wildman–Crippen LogP) is 0.159. The number of hydrogen-bond acceptors (Lipinski definition) is 4. The fourth-order valence-electron chi connectivity index (χ4n) is 1.73. The number of esters is 1. The molecule has 0 saturated heterocycles. The van der Waals surface area contributed by atoms with Gasteiger partial charge in [-0.1, -0.05) is 0 Å². The van der Waals surface area contributed by atoms with Crippen LogP contribution in [-0.4, -0.2) is 35.1 Å². The van der Waals surface area contributed by atoms with Crippen LogP contribution in [0.3, 0.4) is 0 Å². The van der Waals surface area contributed by atoms with E-state index in [9.17, 15) is 14.4 Å². The summed E-state index contributed by atoms with van der Waals surface area (Å²) in [5, 5.41) is 0. The van der Waals surface area contributed by atoms with Crippen molar-refractivity contribution >= 4 is 23.2 Å². The summed E-state index contributed by atoms with van der Waals surface area (Å²) in [6.45, 7) is 0. The van der Waals surface area contributed by atoms with Crippen LogP contribution in [0, 0.1) is 5.92 Å². The lowest BCUT2D eigenvalue weighted by Gasteiger charge is -2.02. The Morgan fingerprint density at radius 2 is 2.25 bits per heavy atom. The first-order chi connectivity index (χ1) is 7.58. The highest BCUT2D eigenvalue weighted by molar-refractivity contribution is 6.62. The van der Waals surface area contributed by atoms with Crippen LogP contribution in [0.25, 0.3) is 5.53 Å². The van der Waals surface area contributed by atoms with Crippen molar-refractivity contribution in [1.29, 1.82) is 0 Å². The summed E-state index contributed by atoms with van der Waals surface area (Å²) in [5.41, 5.74) is 7.91. The lowest BCUT2D eigenvalue weighted by atomic mass is 9.99. The second-order valence-corrected chi connectivity index (χ2v) is 3.71. The van der Waals surface area contributed by atoms with Gasteiger partial charge < -0.3 is 10.3 Å². The molecule has 1 fully saturated rings. The Hall–Kier alpha value is -1.81. The monoisotopic (exact) mass is 224 g/mol. The number of ether oxygens (including phenoxy) is 1. The number of hydrogen-bond donors (Lipinski definition) is 0. The minimum absolute atomic E-state index is 0.0419. The predicted molar refractivity (Wildman–Crippen MR) is 52.6 cm³/mol. The Kier molecular flexibility index (Phi) is 4.08. The quantitative estimate of drug-likeness (QED) is 0.223. The molecule has 0 bridgehead atoms. The van der Waals surface area contributed by atoms with Gasteiger partial charge in [-0.2, -0.15) is 4.79 Å². The van der Waals surface area contributed by atoms with Crippen LogP contribution >= 0.6 is 0 Å². The van der Waals surface area contributed by atoms with Crippen molar-refractivity contribution in [3.05, 3.63) is 5.53 Å². The molecule has 1 atom stereocenters. The molecule has 0 heterocycles. The average molecular weight is 224 g/mol. The fourth-order valence-corrected chi connectivity index (χ4v) is 1.73. The molecule has 0 aromatic heterocycles. The molecule has 6 heteroatoms. The Bertz CT molecular complexity index is 382. The van der Waals surface area contributed by atoms with Crippen molar-refractivity contribution in [2.24, 2.45) is 5.92 Å². The van der Waals surface area contributed by atoms with Gasteiger partial charge in [-0.3, -0.25) is 9.59 Å². The summed E-state index contributed by atoms with van der Waals surface area (Å²) in [7, 11) is 1.10. The van der Waals surface area contributed by atoms with Gasteiger partial charge in [0.05, 0.1) is 7.11 Å². The van der Waals surface area contributed by atoms with Crippen molar-refractivity contribution in [3.63, 3.8) is 0 Å². The summed E-state index contributed by atoms with van der Waals surface area (Å²) in [6, 6.07) is 0. The van der Waals surface area contributed by atoms with E-state index in [1.165, 1.54) is 0 Å². The normalized spacial score (nSPS) is 19.1. The molecule has 1 saturated carbocycles. The smallest absolute Gasteiger partial charge is 0.441 e. The van der Waals surface area contributed by atoms with Gasteiger partial charge in [-0.25, -0.2) is 4.79 Å². The summed E-state index contributed by atoms with van der Waals surface area (Å²) >= 11 is 0. The highest BCUT2D eigenvalue weighted by atomic mass is 16.5. The SMILES string of the molecule is COC(=O)C(=[N+]=[N-])C(=O)CC1CCC(=O)C1. The van der Waals surface area contributed by atoms with Crippen LogP contribution in [-0.2, 0) is 19.1 Å². The Morgan fingerprint density at radius 3 is 2.69 bits per heavy atom. The molecule has 0 aliphatic heterocycles. The highest BCUT2D eigenvalue weighted by Gasteiger charge is 2.34. The number of carbonyl (C=O) groups is 3. The second-order valence-electron chi connectivity index (χ2n) is 3.71. The summed E-state index contributed by atoms with van der Waals surface area (Å²) in [4.78, 5) is 36.2. The number of carbonyl (C=O) groups excluding carboxylic acids is 3. The zero-order chi connectivity index (χ0) is 12.1. The molecule has 1 aliphatic carbocycles. The first-order valence-electron chi connectivity index (χ1n) is 4.93. The van der Waals surface area contributed by atoms with E-state index in [2.05, 4.69) is 9.53 Å². The van der Waals surface area contributed by atoms with Gasteiger partial charge in [-0.05, 0) is 12.3 Å². The summed E-state index contributed by atoms with van der Waals surface area (Å²) in [5.74, 6) is -1.48. The largest absolute Gasteiger partial charge is 0.460 e. The van der Waals surface area contributed by atoms with E-state index in [1.807, 2.05) is 0 Å². The van der Waals surface area contributed by atoms with Gasteiger partial charge in [0.15, 0.2) is 0 Å². The van der Waals surface area contributed by atoms with Gasteiger partial charge in [0, 0.05) is 19.3 Å². The third-order valence-corrected chi connectivity index (χ3v) is 2.56. The van der Waals surface area contributed by atoms with E-state index in [0.29, 0.717) is 19.3 Å². The molecule has 16 heavy (non-hydrogen) atoms. The molecule has 0 spiro atoms. The van der Waals surface area contributed by atoms with Crippen molar-refractivity contribution in [3.8, 4) is 0 Å². The zero-order valence-corrected chi connectivity index (χ0v) is 8.93. The molecule has 1 rings (SSSR count). The molecule has 86 valence electrons. The maximum atomic E-state index is 11.5. The maximum absolute atomic E-state index is 11.5. The minimum atomic E-state index is -0.961. The number of rotatable bonds is 4. The van der Waals surface area contributed by atoms with Crippen LogP contribution in [0.4, 0.5) is 0 Å². The van der Waals surface area contributed by atoms with Crippen LogP contribution < -0.4 is 0 Å². The van der Waals surface area contributed by atoms with E-state index in [4.69, 9.17) is 5.53 Å². The summed E-state index contributed by atoms with van der Waals surface area (Å²) in [6.07, 6.45) is 1.51. The number of nitrogens with zero attached hydrogens (tertiary/aromatic N) is 2. The minimum Gasteiger partial charge on any atom is -0.460 e. The molecule has 6 nitrogen and oxygen atoms in total. The topological polar surface area (TPSA) is 96.8 Å². The van der Waals surface area contributed by atoms with Crippen molar-refractivity contribution in [1.82, 2.24) is 0 Å². The molecule has 0 radical (unpaired) electrons. The van der Waals surface area contributed by atoms with Gasteiger partial charge in [-0.15, -0.1) is 0 Å². The second kappa shape index (κ2) is 5.32. The first kappa shape index (κ1) is 12.3. The molecular weight excluding hydrogens is 212 g/mol. The van der Waals surface area contributed by atoms with Crippen LogP contribution in [0.2, 0.25) is 0 Å². The molecular formula is C10H12N2O4. The van der Waals surface area contributed by atoms with Gasteiger partial charge in [0.1, 0.15) is 5.78 Å². The van der Waals surface area contributed by atoms with Crippen LogP contribution in [0.1, 0.15) is 25.7 Å². The van der Waals surface area contributed by atoms with Crippen molar-refractivity contribution in [2.75, 3.05) is 7.11 Å².